The maximum Gasteiger partial charge on any atom is 0.326 e. The Hall–Kier alpha value is -2.44. The van der Waals surface area contributed by atoms with Crippen LogP contribution in [0.5, 0.6) is 0 Å². The fraction of sp³-hybridized carbons (Fsp3) is 0.357. The van der Waals surface area contributed by atoms with E-state index in [1.54, 1.807) is 6.92 Å². The fourth-order valence-electron chi connectivity index (χ4n) is 1.62. The average molecular weight is 297 g/mol. The van der Waals surface area contributed by atoms with Gasteiger partial charge in [-0.05, 0) is 31.5 Å². The van der Waals surface area contributed by atoms with Crippen molar-refractivity contribution in [1.29, 1.82) is 0 Å². The Labute approximate surface area is 120 Å². The number of ether oxygens (including phenoxy) is 1. The number of halogens is 1. The van der Waals surface area contributed by atoms with Crippen molar-refractivity contribution in [3.8, 4) is 0 Å². The Morgan fingerprint density at radius 2 is 2.10 bits per heavy atom. The fourth-order valence-corrected chi connectivity index (χ4v) is 1.62. The number of hydrogen-bond acceptors (Lipinski definition) is 4. The molecule has 0 aliphatic heterocycles. The van der Waals surface area contributed by atoms with Crippen LogP contribution >= 0.6 is 0 Å². The number of rotatable bonds is 7. The van der Waals surface area contributed by atoms with Crippen LogP contribution in [0.1, 0.15) is 30.1 Å². The maximum absolute atomic E-state index is 13.0. The van der Waals surface area contributed by atoms with E-state index in [9.17, 15) is 18.8 Å². The lowest BCUT2D eigenvalue weighted by Crippen LogP contribution is -2.41. The third-order valence-corrected chi connectivity index (χ3v) is 2.63. The first-order chi connectivity index (χ1) is 9.93. The van der Waals surface area contributed by atoms with Crippen molar-refractivity contribution in [2.75, 3.05) is 6.61 Å². The van der Waals surface area contributed by atoms with Gasteiger partial charge in [0.2, 0.25) is 0 Å². The Kier molecular flexibility index (Phi) is 6.32. The summed E-state index contributed by atoms with van der Waals surface area (Å²) in [4.78, 5) is 34.1. The van der Waals surface area contributed by atoms with E-state index in [0.29, 0.717) is 0 Å². The number of esters is 1. The molecule has 0 spiro atoms. The lowest BCUT2D eigenvalue weighted by molar-refractivity contribution is -0.144. The van der Waals surface area contributed by atoms with Gasteiger partial charge in [-0.2, -0.15) is 0 Å². The molecule has 0 saturated carbocycles. The minimum atomic E-state index is -1.27. The van der Waals surface area contributed by atoms with Crippen LogP contribution in [-0.2, 0) is 14.3 Å². The van der Waals surface area contributed by atoms with E-state index >= 15 is 0 Å². The summed E-state index contributed by atoms with van der Waals surface area (Å²) < 4.78 is 17.7. The Balaban J connectivity index is 2.64. The predicted molar refractivity (Wildman–Crippen MR) is 71.2 cm³/mol. The summed E-state index contributed by atoms with van der Waals surface area (Å²) in [5.41, 5.74) is 0.0115. The molecule has 1 amide bonds. The molecular formula is C14H16FNO5. The standard InChI is InChI=1S/C14H16FNO5/c1-2-21-12(17)7-6-11(14(19)20)16-13(18)9-4-3-5-10(15)8-9/h3-5,8,11H,2,6-7H2,1H3,(H,16,18)(H,19,20)/t11-/m0/s1. The van der Waals surface area contributed by atoms with E-state index in [1.807, 2.05) is 0 Å². The number of carbonyl (C=O) groups is 3. The summed E-state index contributed by atoms with van der Waals surface area (Å²) in [6, 6.07) is 3.64. The molecule has 1 aromatic rings. The van der Waals surface area contributed by atoms with E-state index in [2.05, 4.69) is 10.1 Å². The van der Waals surface area contributed by atoms with Crippen molar-refractivity contribution in [3.63, 3.8) is 0 Å². The molecule has 0 aliphatic carbocycles. The van der Waals surface area contributed by atoms with Crippen molar-refractivity contribution < 1.29 is 28.6 Å². The molecule has 0 saturated heterocycles. The molecule has 1 rings (SSSR count). The first-order valence-electron chi connectivity index (χ1n) is 6.39. The highest BCUT2D eigenvalue weighted by Gasteiger charge is 2.22. The van der Waals surface area contributed by atoms with Crippen molar-refractivity contribution in [3.05, 3.63) is 35.6 Å². The van der Waals surface area contributed by atoms with Crippen LogP contribution in [0.25, 0.3) is 0 Å². The quantitative estimate of drug-likeness (QED) is 0.741. The van der Waals surface area contributed by atoms with E-state index in [4.69, 9.17) is 5.11 Å². The molecule has 0 unspecified atom stereocenters. The zero-order valence-electron chi connectivity index (χ0n) is 11.5. The second kappa shape index (κ2) is 7.98. The van der Waals surface area contributed by atoms with Crippen LogP contribution in [0.3, 0.4) is 0 Å². The molecule has 0 fully saturated rings. The molecule has 0 bridgehead atoms. The van der Waals surface area contributed by atoms with Gasteiger partial charge in [-0.1, -0.05) is 6.07 Å². The van der Waals surface area contributed by atoms with Gasteiger partial charge in [0.05, 0.1) is 6.61 Å². The number of nitrogens with one attached hydrogen (secondary N) is 1. The monoisotopic (exact) mass is 297 g/mol. The summed E-state index contributed by atoms with van der Waals surface area (Å²) >= 11 is 0. The predicted octanol–water partition coefficient (Wildman–Crippen LogP) is 1.35. The first-order valence-corrected chi connectivity index (χ1v) is 6.39. The van der Waals surface area contributed by atoms with Crippen LogP contribution in [0, 0.1) is 5.82 Å². The first kappa shape index (κ1) is 16.6. The molecule has 6 nitrogen and oxygen atoms in total. The molecule has 1 aromatic carbocycles. The SMILES string of the molecule is CCOC(=O)CC[C@H](NC(=O)c1cccc(F)c1)C(=O)O. The minimum absolute atomic E-state index is 0.0115. The molecule has 0 aliphatic rings. The van der Waals surface area contributed by atoms with Crippen molar-refractivity contribution in [2.45, 2.75) is 25.8 Å². The number of amides is 1. The normalized spacial score (nSPS) is 11.5. The number of carboxylic acids is 1. The van der Waals surface area contributed by atoms with E-state index < -0.39 is 29.7 Å². The van der Waals surface area contributed by atoms with Gasteiger partial charge in [-0.25, -0.2) is 9.18 Å². The zero-order chi connectivity index (χ0) is 15.8. The summed E-state index contributed by atoms with van der Waals surface area (Å²) in [7, 11) is 0. The maximum atomic E-state index is 13.0. The highest BCUT2D eigenvalue weighted by molar-refractivity contribution is 5.96. The highest BCUT2D eigenvalue weighted by Crippen LogP contribution is 2.06. The zero-order valence-corrected chi connectivity index (χ0v) is 11.5. The molecule has 114 valence electrons. The van der Waals surface area contributed by atoms with Gasteiger partial charge in [0, 0.05) is 12.0 Å². The molecule has 21 heavy (non-hydrogen) atoms. The third-order valence-electron chi connectivity index (χ3n) is 2.63. The van der Waals surface area contributed by atoms with Crippen molar-refractivity contribution in [2.24, 2.45) is 0 Å². The summed E-state index contributed by atoms with van der Waals surface area (Å²) in [5.74, 6) is -3.13. The summed E-state index contributed by atoms with van der Waals surface area (Å²) in [6.07, 6.45) is -0.233. The van der Waals surface area contributed by atoms with Gasteiger partial charge >= 0.3 is 11.9 Å². The second-order valence-electron chi connectivity index (χ2n) is 4.22. The van der Waals surface area contributed by atoms with Crippen LogP contribution in [0.2, 0.25) is 0 Å². The van der Waals surface area contributed by atoms with Crippen LogP contribution < -0.4 is 5.32 Å². The highest BCUT2D eigenvalue weighted by atomic mass is 19.1. The van der Waals surface area contributed by atoms with Crippen LogP contribution in [-0.4, -0.2) is 35.6 Å². The van der Waals surface area contributed by atoms with Crippen LogP contribution in [0.4, 0.5) is 4.39 Å². The summed E-state index contributed by atoms with van der Waals surface area (Å²) in [5, 5.41) is 11.3. The Morgan fingerprint density at radius 1 is 1.38 bits per heavy atom. The second-order valence-corrected chi connectivity index (χ2v) is 4.22. The van der Waals surface area contributed by atoms with Gasteiger partial charge in [0.25, 0.3) is 5.91 Å². The Morgan fingerprint density at radius 3 is 2.67 bits per heavy atom. The number of hydrogen-bond donors (Lipinski definition) is 2. The van der Waals surface area contributed by atoms with Gasteiger partial charge in [-0.15, -0.1) is 0 Å². The number of benzene rings is 1. The number of carbonyl (C=O) groups excluding carboxylic acids is 2. The average Bonchev–Trinajstić information content (AvgIpc) is 2.43. The third kappa shape index (κ3) is 5.60. The Bertz CT molecular complexity index is 532. The number of carboxylic acid groups (broad SMARTS) is 1. The molecule has 0 radical (unpaired) electrons. The molecule has 7 heteroatoms. The van der Waals surface area contributed by atoms with Gasteiger partial charge < -0.3 is 15.2 Å². The molecule has 0 aromatic heterocycles. The largest absolute Gasteiger partial charge is 0.480 e. The van der Waals surface area contributed by atoms with E-state index in [-0.39, 0.29) is 25.0 Å². The van der Waals surface area contributed by atoms with Gasteiger partial charge in [0.15, 0.2) is 0 Å². The van der Waals surface area contributed by atoms with Crippen molar-refractivity contribution in [1.82, 2.24) is 5.32 Å². The van der Waals surface area contributed by atoms with Crippen molar-refractivity contribution >= 4 is 17.8 Å². The number of aliphatic carboxylic acids is 1. The van der Waals surface area contributed by atoms with Gasteiger partial charge in [-0.3, -0.25) is 9.59 Å². The van der Waals surface area contributed by atoms with E-state index in [1.165, 1.54) is 18.2 Å². The minimum Gasteiger partial charge on any atom is -0.480 e. The lowest BCUT2D eigenvalue weighted by atomic mass is 10.1. The molecule has 2 N–H and O–H groups in total. The van der Waals surface area contributed by atoms with Gasteiger partial charge in [0.1, 0.15) is 11.9 Å². The summed E-state index contributed by atoms with van der Waals surface area (Å²) in [6.45, 7) is 1.84. The molecule has 1 atom stereocenters. The molecular weight excluding hydrogens is 281 g/mol. The lowest BCUT2D eigenvalue weighted by Gasteiger charge is -2.14. The van der Waals surface area contributed by atoms with Crippen LogP contribution in [0.15, 0.2) is 24.3 Å². The smallest absolute Gasteiger partial charge is 0.326 e. The van der Waals surface area contributed by atoms with E-state index in [0.717, 1.165) is 6.07 Å². The molecule has 0 heterocycles. The topological polar surface area (TPSA) is 92.7 Å².